The van der Waals surface area contributed by atoms with Gasteiger partial charge in [-0.2, -0.15) is 0 Å². The third-order valence-corrected chi connectivity index (χ3v) is 20.6. The molecule has 6 atom stereocenters. The fourth-order valence-electron chi connectivity index (χ4n) is 12.1. The van der Waals surface area contributed by atoms with Crippen LogP contribution in [0.5, 0.6) is 0 Å². The van der Waals surface area contributed by atoms with E-state index in [1.165, 1.54) is 212 Å². The zero-order chi connectivity index (χ0) is 72.3. The minimum absolute atomic E-state index is 0.107. The smallest absolute Gasteiger partial charge is 0.462 e. The van der Waals surface area contributed by atoms with Gasteiger partial charge in [0.2, 0.25) is 0 Å². The number of hydrogen-bond donors (Lipinski definition) is 3. The zero-order valence-electron chi connectivity index (χ0n) is 64.3. The van der Waals surface area contributed by atoms with Gasteiger partial charge in [-0.05, 0) is 43.4 Å². The molecule has 0 saturated heterocycles. The number of esters is 4. The van der Waals surface area contributed by atoms with E-state index in [4.69, 9.17) is 37.0 Å². The largest absolute Gasteiger partial charge is 0.472 e. The molecule has 0 aromatic heterocycles. The van der Waals surface area contributed by atoms with E-state index < -0.39 is 97.5 Å². The van der Waals surface area contributed by atoms with Gasteiger partial charge in [0.1, 0.15) is 19.3 Å². The lowest BCUT2D eigenvalue weighted by Gasteiger charge is -2.21. The van der Waals surface area contributed by atoms with E-state index in [0.717, 1.165) is 108 Å². The van der Waals surface area contributed by atoms with Crippen LogP contribution < -0.4 is 0 Å². The topological polar surface area (TPSA) is 237 Å². The molecular weight excluding hydrogens is 1280 g/mol. The molecule has 17 nitrogen and oxygen atoms in total. The Hall–Kier alpha value is -1.94. The van der Waals surface area contributed by atoms with E-state index in [1.54, 1.807) is 0 Å². The summed E-state index contributed by atoms with van der Waals surface area (Å²) in [5.74, 6) is 0.210. The van der Waals surface area contributed by atoms with Crippen molar-refractivity contribution in [3.05, 3.63) is 0 Å². The second-order valence-electron chi connectivity index (χ2n) is 29.6. The van der Waals surface area contributed by atoms with Crippen LogP contribution in [-0.2, 0) is 65.4 Å². The van der Waals surface area contributed by atoms with Gasteiger partial charge in [0.15, 0.2) is 12.2 Å². The molecule has 0 spiro atoms. The Morgan fingerprint density at radius 3 is 0.776 bits per heavy atom. The fraction of sp³-hybridized carbons (Fsp3) is 0.949. The normalized spacial score (nSPS) is 14.3. The van der Waals surface area contributed by atoms with Gasteiger partial charge in [0.05, 0.1) is 26.4 Å². The molecule has 0 heterocycles. The van der Waals surface area contributed by atoms with Crippen molar-refractivity contribution in [2.24, 2.45) is 17.8 Å². The molecule has 0 aromatic carbocycles. The lowest BCUT2D eigenvalue weighted by atomic mass is 9.99. The predicted octanol–water partition coefficient (Wildman–Crippen LogP) is 23.4. The molecule has 0 saturated carbocycles. The second-order valence-corrected chi connectivity index (χ2v) is 32.6. The van der Waals surface area contributed by atoms with Crippen LogP contribution in [0.25, 0.3) is 0 Å². The number of phosphoric acid groups is 2. The Bertz CT molecular complexity index is 1910. The van der Waals surface area contributed by atoms with Crippen LogP contribution in [0.15, 0.2) is 0 Å². The molecule has 0 aliphatic rings. The summed E-state index contributed by atoms with van der Waals surface area (Å²) in [5.41, 5.74) is 0. The number of ether oxygens (including phenoxy) is 4. The van der Waals surface area contributed by atoms with Crippen LogP contribution in [0.3, 0.4) is 0 Å². The maximum atomic E-state index is 13.1. The summed E-state index contributed by atoms with van der Waals surface area (Å²) in [6.07, 6.45) is 56.9. The Balaban J connectivity index is 5.24. The maximum Gasteiger partial charge on any atom is 0.472 e. The number of aliphatic hydroxyl groups is 1. The molecule has 0 bridgehead atoms. The average molecular weight is 1440 g/mol. The molecule has 0 aromatic rings. The first-order chi connectivity index (χ1) is 47.3. The van der Waals surface area contributed by atoms with Crippen LogP contribution in [0, 0.1) is 17.8 Å². The number of unbranched alkanes of at least 4 members (excludes halogenated alkanes) is 44. The summed E-state index contributed by atoms with van der Waals surface area (Å²) in [4.78, 5) is 72.9. The molecular formula is C79H154O17P2. The van der Waals surface area contributed by atoms with Gasteiger partial charge >= 0.3 is 39.5 Å². The number of rotatable bonds is 77. The van der Waals surface area contributed by atoms with Crippen molar-refractivity contribution in [1.29, 1.82) is 0 Å². The van der Waals surface area contributed by atoms with Crippen LogP contribution in [0.1, 0.15) is 408 Å². The maximum absolute atomic E-state index is 13.1. The van der Waals surface area contributed by atoms with Gasteiger partial charge in [0.25, 0.3) is 0 Å². The van der Waals surface area contributed by atoms with Crippen LogP contribution in [0.2, 0.25) is 0 Å². The SMILES string of the molecule is CCCCCCCCCCCCCCCCC(=O)O[C@H](COC(=O)CCCCCCCCC(C)C)COP(=O)(O)OC[C@H](O)COP(=O)(O)OC[C@@H](COC(=O)CCCCCCCCCCCCCCCCC(C)C)OC(=O)CCCCCCCCCCCCCCCCC(C)CC. The lowest BCUT2D eigenvalue weighted by molar-refractivity contribution is -0.161. The summed E-state index contributed by atoms with van der Waals surface area (Å²) < 4.78 is 68.6. The first kappa shape index (κ1) is 96.1. The minimum atomic E-state index is -4.96. The van der Waals surface area contributed by atoms with E-state index >= 15 is 0 Å². The monoisotopic (exact) mass is 1440 g/mol. The highest BCUT2D eigenvalue weighted by molar-refractivity contribution is 7.47. The van der Waals surface area contributed by atoms with Gasteiger partial charge in [-0.15, -0.1) is 0 Å². The number of phosphoric ester groups is 2. The molecule has 0 rings (SSSR count). The number of carbonyl (C=O) groups is 4. The molecule has 3 unspecified atom stereocenters. The van der Waals surface area contributed by atoms with E-state index in [9.17, 15) is 43.2 Å². The van der Waals surface area contributed by atoms with Crippen molar-refractivity contribution < 1.29 is 80.2 Å². The molecule has 0 fully saturated rings. The van der Waals surface area contributed by atoms with Crippen molar-refractivity contribution in [1.82, 2.24) is 0 Å². The van der Waals surface area contributed by atoms with E-state index in [1.807, 2.05) is 0 Å². The quantitative estimate of drug-likeness (QED) is 0.0222. The summed E-state index contributed by atoms with van der Waals surface area (Å²) in [5, 5.41) is 10.6. The van der Waals surface area contributed by atoms with Gasteiger partial charge in [-0.1, -0.05) is 357 Å². The molecule has 0 amide bonds. The summed E-state index contributed by atoms with van der Waals surface area (Å²) >= 11 is 0. The van der Waals surface area contributed by atoms with Crippen LogP contribution in [-0.4, -0.2) is 96.7 Å². The Kier molecular flexibility index (Phi) is 68.1. The number of hydrogen-bond acceptors (Lipinski definition) is 15. The third kappa shape index (κ3) is 71.1. The minimum Gasteiger partial charge on any atom is -0.462 e. The van der Waals surface area contributed by atoms with Crippen molar-refractivity contribution in [2.75, 3.05) is 39.6 Å². The molecule has 0 aliphatic carbocycles. The first-order valence-corrected chi connectivity index (χ1v) is 43.9. The van der Waals surface area contributed by atoms with Crippen LogP contribution in [0.4, 0.5) is 0 Å². The third-order valence-electron chi connectivity index (χ3n) is 18.7. The van der Waals surface area contributed by atoms with Crippen LogP contribution >= 0.6 is 15.6 Å². The van der Waals surface area contributed by atoms with Crippen molar-refractivity contribution in [3.63, 3.8) is 0 Å². The molecule has 0 radical (unpaired) electrons. The average Bonchev–Trinajstić information content (AvgIpc) is 1.13. The zero-order valence-corrected chi connectivity index (χ0v) is 66.0. The molecule has 0 aliphatic heterocycles. The van der Waals surface area contributed by atoms with Gasteiger partial charge in [-0.25, -0.2) is 9.13 Å². The highest BCUT2D eigenvalue weighted by Crippen LogP contribution is 2.45. The highest BCUT2D eigenvalue weighted by atomic mass is 31.2. The van der Waals surface area contributed by atoms with Gasteiger partial charge < -0.3 is 33.8 Å². The van der Waals surface area contributed by atoms with E-state index in [0.29, 0.717) is 31.6 Å². The van der Waals surface area contributed by atoms with E-state index in [2.05, 4.69) is 48.5 Å². The van der Waals surface area contributed by atoms with Gasteiger partial charge in [-0.3, -0.25) is 37.3 Å². The standard InChI is InChI=1S/C79H154O17P2/c1-8-10-11-12-13-14-15-16-23-29-34-39-48-55-62-79(84)96-75(67-90-77(82)61-54-47-42-41-44-51-58-71(5)6)69-94-98(87,88)92-65-73(80)64-91-97(85,86)93-68-74(66-89-76(81)60-53-46-38-33-28-24-19-17-21-26-31-36-43-50-57-70(3)4)95-78(83)63-56-49-40-35-30-25-20-18-22-27-32-37-45-52-59-72(7)9-2/h70-75,80H,8-69H2,1-7H3,(H,85,86)(H,87,88)/t72?,73-,74-,75-/m1/s1. The molecule has 3 N–H and O–H groups in total. The summed E-state index contributed by atoms with van der Waals surface area (Å²) in [6.45, 7) is 11.9. The highest BCUT2D eigenvalue weighted by Gasteiger charge is 2.30. The Labute approximate surface area is 600 Å². The van der Waals surface area contributed by atoms with Gasteiger partial charge in [0, 0.05) is 25.7 Å². The molecule has 98 heavy (non-hydrogen) atoms. The Morgan fingerprint density at radius 1 is 0.296 bits per heavy atom. The summed E-state index contributed by atoms with van der Waals surface area (Å²) in [6, 6.07) is 0. The Morgan fingerprint density at radius 2 is 0.520 bits per heavy atom. The van der Waals surface area contributed by atoms with Crippen molar-refractivity contribution in [2.45, 2.75) is 426 Å². The second kappa shape index (κ2) is 69.4. The van der Waals surface area contributed by atoms with E-state index in [-0.39, 0.29) is 25.7 Å². The number of aliphatic hydroxyl groups excluding tert-OH is 1. The van der Waals surface area contributed by atoms with Crippen molar-refractivity contribution >= 4 is 39.5 Å². The molecule has 19 heteroatoms. The predicted molar refractivity (Wildman–Crippen MR) is 400 cm³/mol. The number of carbonyl (C=O) groups excluding carboxylic acids is 4. The summed E-state index contributed by atoms with van der Waals surface area (Å²) in [7, 11) is -9.92. The van der Waals surface area contributed by atoms with Crippen molar-refractivity contribution in [3.8, 4) is 0 Å². The lowest BCUT2D eigenvalue weighted by Crippen LogP contribution is -2.30. The first-order valence-electron chi connectivity index (χ1n) is 40.9. The molecule has 582 valence electrons. The fourth-order valence-corrected chi connectivity index (χ4v) is 13.7.